The van der Waals surface area contributed by atoms with Crippen molar-refractivity contribution in [1.82, 2.24) is 5.16 Å². The monoisotopic (exact) mass is 181 g/mol. The van der Waals surface area contributed by atoms with Crippen molar-refractivity contribution in [3.8, 4) is 0 Å². The van der Waals surface area contributed by atoms with Crippen molar-refractivity contribution in [2.24, 2.45) is 0 Å². The quantitative estimate of drug-likeness (QED) is 0.605. The van der Waals surface area contributed by atoms with Gasteiger partial charge in [-0.15, -0.1) is 0 Å². The average Bonchev–Trinajstić information content (AvgIpc) is 2.11. The summed E-state index contributed by atoms with van der Waals surface area (Å²) in [5.41, 5.74) is 0.412. The molecular weight excluding hydrogens is 178 g/mol. The first kappa shape index (κ1) is 7.56. The summed E-state index contributed by atoms with van der Waals surface area (Å²) >= 11 is 0. The Kier molecular flexibility index (Phi) is 1.70. The van der Waals surface area contributed by atoms with Gasteiger partial charge in [0.2, 0.25) is 5.03 Å². The molecule has 0 atom stereocenters. The van der Waals surface area contributed by atoms with Gasteiger partial charge in [-0.25, -0.2) is 8.42 Å². The lowest BCUT2D eigenvalue weighted by molar-refractivity contribution is 0.401. The normalized spacial score (nSPS) is 11.8. The summed E-state index contributed by atoms with van der Waals surface area (Å²) in [6.07, 6.45) is 1.22. The van der Waals surface area contributed by atoms with Gasteiger partial charge >= 0.3 is 0 Å². The molecule has 0 saturated heterocycles. The first-order valence-corrected chi connectivity index (χ1v) is 4.68. The Morgan fingerprint density at radius 2 is 2.30 bits per heavy atom. The maximum absolute atomic E-state index is 10.6. The van der Waals surface area contributed by atoms with Gasteiger partial charge in [0.05, 0.1) is 0 Å². The highest BCUT2D eigenvalue weighted by molar-refractivity contribution is 8.13. The Bertz CT molecular complexity index is 328. The van der Waals surface area contributed by atoms with Crippen molar-refractivity contribution >= 4 is 19.7 Å². The van der Waals surface area contributed by atoms with Crippen molar-refractivity contribution in [1.29, 1.82) is 0 Å². The molecule has 1 rings (SSSR count). The molecule has 1 aromatic rings. The lowest BCUT2D eigenvalue weighted by Gasteiger charge is -1.85. The second-order valence-electron chi connectivity index (χ2n) is 1.74. The van der Waals surface area contributed by atoms with E-state index >= 15 is 0 Å². The predicted molar refractivity (Wildman–Crippen MR) is 34.3 cm³/mol. The van der Waals surface area contributed by atoms with Crippen LogP contribution in [0.25, 0.3) is 0 Å². The van der Waals surface area contributed by atoms with E-state index in [1.807, 2.05) is 0 Å². The first-order chi connectivity index (χ1) is 4.52. The molecule has 0 unspecified atom stereocenters. The van der Waals surface area contributed by atoms with Gasteiger partial charge in [0.25, 0.3) is 9.05 Å². The van der Waals surface area contributed by atoms with Crippen LogP contribution in [-0.4, -0.2) is 13.6 Å². The molecule has 0 spiro atoms. The van der Waals surface area contributed by atoms with Gasteiger partial charge in [0.15, 0.2) is 0 Å². The summed E-state index contributed by atoms with van der Waals surface area (Å²) in [4.78, 5) is 0. The zero-order chi connectivity index (χ0) is 7.78. The van der Waals surface area contributed by atoms with Crippen LogP contribution in [0.4, 0.5) is 0 Å². The van der Waals surface area contributed by atoms with Gasteiger partial charge < -0.3 is 4.52 Å². The van der Waals surface area contributed by atoms with Crippen molar-refractivity contribution < 1.29 is 12.9 Å². The van der Waals surface area contributed by atoms with Gasteiger partial charge in [0, 0.05) is 16.2 Å². The fraction of sp³-hybridized carbons (Fsp3) is 0.250. The number of aryl methyl sites for hydroxylation is 1. The molecule has 0 aliphatic rings. The average molecular weight is 182 g/mol. The van der Waals surface area contributed by atoms with Crippen LogP contribution in [0, 0.1) is 6.92 Å². The molecule has 56 valence electrons. The van der Waals surface area contributed by atoms with Crippen LogP contribution in [0.2, 0.25) is 0 Å². The van der Waals surface area contributed by atoms with Gasteiger partial charge in [-0.05, 0) is 6.92 Å². The maximum Gasteiger partial charge on any atom is 0.282 e. The Morgan fingerprint density at radius 1 is 1.70 bits per heavy atom. The Balaban J connectivity index is 3.32. The van der Waals surface area contributed by atoms with E-state index in [-0.39, 0.29) is 5.03 Å². The van der Waals surface area contributed by atoms with Crippen LogP contribution >= 0.6 is 10.7 Å². The van der Waals surface area contributed by atoms with E-state index in [0.29, 0.717) is 5.56 Å². The number of halogens is 1. The van der Waals surface area contributed by atoms with Crippen molar-refractivity contribution in [3.63, 3.8) is 0 Å². The fourth-order valence-corrected chi connectivity index (χ4v) is 1.53. The molecule has 1 heterocycles. The molecule has 6 heteroatoms. The number of rotatable bonds is 1. The zero-order valence-corrected chi connectivity index (χ0v) is 6.61. The maximum atomic E-state index is 10.6. The van der Waals surface area contributed by atoms with Crippen molar-refractivity contribution in [3.05, 3.63) is 11.8 Å². The minimum absolute atomic E-state index is 0.214. The highest BCUT2D eigenvalue weighted by Gasteiger charge is 2.16. The standard InChI is InChI=1S/C4H4ClNO3S/c1-3-2-9-6-4(3)10(5,7)8/h2H,1H3. The summed E-state index contributed by atoms with van der Waals surface area (Å²) in [7, 11) is 1.23. The van der Waals surface area contributed by atoms with E-state index in [2.05, 4.69) is 9.68 Å². The lowest BCUT2D eigenvalue weighted by atomic mass is 10.4. The largest absolute Gasteiger partial charge is 0.363 e. The van der Waals surface area contributed by atoms with Gasteiger partial charge in [-0.2, -0.15) is 0 Å². The molecule has 0 radical (unpaired) electrons. The van der Waals surface area contributed by atoms with Crippen LogP contribution in [0.1, 0.15) is 5.56 Å². The molecule has 0 aromatic carbocycles. The Morgan fingerprint density at radius 3 is 2.50 bits per heavy atom. The molecule has 0 amide bonds. The van der Waals surface area contributed by atoms with Gasteiger partial charge in [-0.1, -0.05) is 5.16 Å². The predicted octanol–water partition coefficient (Wildman–Crippen LogP) is 0.911. The van der Waals surface area contributed by atoms with E-state index < -0.39 is 9.05 Å². The summed E-state index contributed by atoms with van der Waals surface area (Å²) in [6, 6.07) is 0. The first-order valence-electron chi connectivity index (χ1n) is 2.37. The third-order valence-electron chi connectivity index (χ3n) is 0.933. The van der Waals surface area contributed by atoms with E-state index in [1.54, 1.807) is 6.92 Å². The molecule has 10 heavy (non-hydrogen) atoms. The Hall–Kier alpha value is -0.550. The summed E-state index contributed by atoms with van der Waals surface area (Å²) in [6.45, 7) is 1.55. The number of hydrogen-bond donors (Lipinski definition) is 0. The highest BCUT2D eigenvalue weighted by atomic mass is 35.7. The topological polar surface area (TPSA) is 60.2 Å². The molecule has 0 N–H and O–H groups in total. The third kappa shape index (κ3) is 1.30. The van der Waals surface area contributed by atoms with Crippen molar-refractivity contribution in [2.45, 2.75) is 11.9 Å². The van der Waals surface area contributed by atoms with E-state index in [1.165, 1.54) is 6.26 Å². The van der Waals surface area contributed by atoms with Crippen LogP contribution in [0.5, 0.6) is 0 Å². The molecule has 0 aliphatic heterocycles. The second-order valence-corrected chi connectivity index (χ2v) is 4.22. The molecule has 4 nitrogen and oxygen atoms in total. The molecule has 0 bridgehead atoms. The van der Waals surface area contributed by atoms with Gasteiger partial charge in [-0.3, -0.25) is 0 Å². The highest BCUT2D eigenvalue weighted by Crippen LogP contribution is 2.15. The van der Waals surface area contributed by atoms with E-state index in [9.17, 15) is 8.42 Å². The minimum Gasteiger partial charge on any atom is -0.363 e. The molecule has 1 aromatic heterocycles. The zero-order valence-electron chi connectivity index (χ0n) is 5.04. The smallest absolute Gasteiger partial charge is 0.282 e. The number of nitrogens with zero attached hydrogens (tertiary/aromatic N) is 1. The van der Waals surface area contributed by atoms with Crippen molar-refractivity contribution in [2.75, 3.05) is 0 Å². The van der Waals surface area contributed by atoms with Crippen LogP contribution in [-0.2, 0) is 9.05 Å². The number of aromatic nitrogens is 1. The van der Waals surface area contributed by atoms with Crippen LogP contribution in [0.15, 0.2) is 15.8 Å². The summed E-state index contributed by atoms with van der Waals surface area (Å²) in [5, 5.41) is 2.98. The second kappa shape index (κ2) is 2.25. The minimum atomic E-state index is -3.72. The van der Waals surface area contributed by atoms with E-state index in [4.69, 9.17) is 10.7 Å². The molecule has 0 fully saturated rings. The van der Waals surface area contributed by atoms with E-state index in [0.717, 1.165) is 0 Å². The molecule has 0 saturated carbocycles. The van der Waals surface area contributed by atoms with Crippen LogP contribution < -0.4 is 0 Å². The fourth-order valence-electron chi connectivity index (χ4n) is 0.512. The summed E-state index contributed by atoms with van der Waals surface area (Å²) in [5.74, 6) is 0. The number of hydrogen-bond acceptors (Lipinski definition) is 4. The molecular formula is C4H4ClNO3S. The molecule has 0 aliphatic carbocycles. The summed E-state index contributed by atoms with van der Waals surface area (Å²) < 4.78 is 25.5. The van der Waals surface area contributed by atoms with Crippen LogP contribution in [0.3, 0.4) is 0 Å². The Labute approximate surface area is 62.2 Å². The third-order valence-corrected chi connectivity index (χ3v) is 2.23. The SMILES string of the molecule is Cc1conc1S(=O)(=O)Cl. The van der Waals surface area contributed by atoms with Gasteiger partial charge in [0.1, 0.15) is 6.26 Å². The lowest BCUT2D eigenvalue weighted by Crippen LogP contribution is -1.92.